The Labute approximate surface area is 670 Å². The summed E-state index contributed by atoms with van der Waals surface area (Å²) in [6.45, 7) is 0.133. The van der Waals surface area contributed by atoms with Crippen LogP contribution in [0.3, 0.4) is 0 Å². The SMILES string of the molecule is CSCC[C@H](NC(=O)[C@H](Cc1c[nH]c2ccccc12)NC(=O)CNC(=O)[C@H](Cc1ccc(O)cc1)NC(=O)[C@H](C)NC(=O)[C@@H](CCC(=O)O)NC(=O)[C@@H](CCC(=O)O)NC(=O)[C@@H](CCC(=O)O)NC(=O)[C@@H](CCC(=O)O)NC(=O)[C@@H](CCC(=O)O)NC(=O)[C@H](N)CCC(=O)O)C(=O)N[C@@H](CC(=O)O)C(=O)N[C@@H](Cc1ccccc1)C(N)=O. The number of hydrogen-bond acceptors (Lipinski definition) is 23. The first-order valence-electron chi connectivity index (χ1n) is 36.3. The number of aromatic nitrogens is 1. The van der Waals surface area contributed by atoms with Crippen molar-refractivity contribution in [1.82, 2.24) is 68.8 Å². The number of rotatable bonds is 54. The standard InChI is InChI=1S/C73H95N15O28S/c1-36(78-66(109)44(17-23-56(93)94)81-68(111)46(19-25-58(97)98)83-70(113)48(21-27-60(101)102)84-69(112)47(20-26-59(99)100)82-67(110)45(18-24-57(95)96)80-64(107)42(74)16-22-55(91)92)63(106)87-51(31-38-12-14-40(89)15-13-38)65(108)77-35-54(90)79-52(32-39-34-76-43-11-7-6-10-41(39)43)72(115)85-49(28-29-117-2)71(114)88-53(33-61(103)104)73(116)86-50(62(75)105)30-37-8-4-3-5-9-37/h3-15,34,36,42,44-53,76,89H,16-33,35,74H2,1-2H3,(H2,75,105)(H,77,108)(H,78,109)(H,79,90)(H,80,107)(H,81,111)(H,82,110)(H,83,113)(H,84,112)(H,85,115)(H,86,116)(H,87,106)(H,88,114)(H,91,92)(H,93,94)(H,95,96)(H,97,98)(H,99,100)(H,101,102)(H,103,104)/t36-,42+,44+,45+,46+,47+,48+,49-,50-,51-,52-,53-/m0/s1. The number of carboxylic acids is 7. The number of nitrogens with two attached hydrogens (primary N) is 2. The monoisotopic (exact) mass is 1660 g/mol. The average Bonchev–Trinajstić information content (AvgIpc) is 1.70. The summed E-state index contributed by atoms with van der Waals surface area (Å²) in [7, 11) is 0. The van der Waals surface area contributed by atoms with Gasteiger partial charge in [0.15, 0.2) is 0 Å². The highest BCUT2D eigenvalue weighted by atomic mass is 32.2. The number of benzene rings is 3. The zero-order chi connectivity index (χ0) is 87.2. The van der Waals surface area contributed by atoms with E-state index in [0.717, 1.165) is 6.92 Å². The van der Waals surface area contributed by atoms with Crippen molar-refractivity contribution < 1.29 is 137 Å². The van der Waals surface area contributed by atoms with E-state index in [1.807, 2.05) is 0 Å². The number of carbonyl (C=O) groups excluding carboxylic acids is 13. The van der Waals surface area contributed by atoms with E-state index in [0.29, 0.717) is 22.0 Å². The summed E-state index contributed by atoms with van der Waals surface area (Å²) in [6, 6.07) is -0.845. The highest BCUT2D eigenvalue weighted by Gasteiger charge is 2.38. The van der Waals surface area contributed by atoms with Gasteiger partial charge < -0.3 is 121 Å². The van der Waals surface area contributed by atoms with Gasteiger partial charge in [0.25, 0.3) is 0 Å². The lowest BCUT2D eigenvalue weighted by molar-refractivity contribution is -0.141. The number of aromatic hydroxyl groups is 1. The summed E-state index contributed by atoms with van der Waals surface area (Å²) in [4.78, 5) is 266. The lowest BCUT2D eigenvalue weighted by Crippen LogP contribution is -2.60. The lowest BCUT2D eigenvalue weighted by atomic mass is 10.0. The van der Waals surface area contributed by atoms with Gasteiger partial charge in [-0.1, -0.05) is 60.7 Å². The molecular weight excluding hydrogens is 1570 g/mol. The maximum Gasteiger partial charge on any atom is 0.305 e. The number of phenols is 1. The number of para-hydroxylation sites is 1. The lowest BCUT2D eigenvalue weighted by Gasteiger charge is -2.27. The number of nitrogens with one attached hydrogen (secondary N) is 13. The quantitative estimate of drug-likeness (QED) is 0.0198. The molecule has 13 amide bonds. The van der Waals surface area contributed by atoms with E-state index in [4.69, 9.17) is 16.6 Å². The second kappa shape index (κ2) is 48.7. The Balaban J connectivity index is 1.59. The third kappa shape index (κ3) is 35.3. The van der Waals surface area contributed by atoms with Crippen molar-refractivity contribution >= 4 is 141 Å². The van der Waals surface area contributed by atoms with Gasteiger partial charge in [-0.3, -0.25) is 95.9 Å². The van der Waals surface area contributed by atoms with E-state index in [-0.39, 0.29) is 36.3 Å². The number of amides is 13. The molecule has 0 aliphatic rings. The maximum atomic E-state index is 14.6. The predicted molar refractivity (Wildman–Crippen MR) is 408 cm³/mol. The van der Waals surface area contributed by atoms with Crippen LogP contribution in [0, 0.1) is 0 Å². The van der Waals surface area contributed by atoms with Gasteiger partial charge in [0.1, 0.15) is 72.2 Å². The van der Waals surface area contributed by atoms with E-state index in [1.54, 1.807) is 67.0 Å². The van der Waals surface area contributed by atoms with E-state index in [1.165, 1.54) is 36.0 Å². The molecule has 0 fully saturated rings. The zero-order valence-electron chi connectivity index (χ0n) is 63.3. The molecule has 0 unspecified atom stereocenters. The van der Waals surface area contributed by atoms with Gasteiger partial charge in [-0.15, -0.1) is 0 Å². The molecule has 4 aromatic rings. The van der Waals surface area contributed by atoms with Crippen LogP contribution < -0.4 is 75.3 Å². The molecule has 117 heavy (non-hydrogen) atoms. The molecule has 0 aliphatic carbocycles. The first kappa shape index (κ1) is 96.1. The Kier molecular flexibility index (Phi) is 40.0. The third-order valence-corrected chi connectivity index (χ3v) is 18.2. The van der Waals surface area contributed by atoms with Crippen LogP contribution in [-0.4, -0.2) is 255 Å². The Bertz CT molecular complexity index is 4240. The van der Waals surface area contributed by atoms with Crippen LogP contribution >= 0.6 is 11.8 Å². The second-order valence-electron chi connectivity index (χ2n) is 26.7. The molecule has 4 rings (SSSR count). The zero-order valence-corrected chi connectivity index (χ0v) is 64.1. The van der Waals surface area contributed by atoms with Crippen molar-refractivity contribution in [3.63, 3.8) is 0 Å². The number of carbonyl (C=O) groups is 20. The van der Waals surface area contributed by atoms with Crippen molar-refractivity contribution in [1.29, 1.82) is 0 Å². The van der Waals surface area contributed by atoms with Gasteiger partial charge in [-0.25, -0.2) is 0 Å². The van der Waals surface area contributed by atoms with Crippen LogP contribution in [0.5, 0.6) is 5.75 Å². The highest BCUT2D eigenvalue weighted by Crippen LogP contribution is 2.21. The Morgan fingerprint density at radius 3 is 1.18 bits per heavy atom. The van der Waals surface area contributed by atoms with Crippen molar-refractivity contribution in [2.24, 2.45) is 11.5 Å². The van der Waals surface area contributed by atoms with Crippen LogP contribution in [0.15, 0.2) is 85.1 Å². The molecule has 0 saturated heterocycles. The number of primary amides is 1. The summed E-state index contributed by atoms with van der Waals surface area (Å²) in [5, 5.41) is 105. The van der Waals surface area contributed by atoms with Crippen LogP contribution in [0.25, 0.3) is 10.9 Å². The number of fused-ring (bicyclic) bond motifs is 1. The molecule has 0 radical (unpaired) electrons. The largest absolute Gasteiger partial charge is 0.508 e. The summed E-state index contributed by atoms with van der Waals surface area (Å²) < 4.78 is 0. The Morgan fingerprint density at radius 2 is 0.735 bits per heavy atom. The minimum atomic E-state index is -2.07. The predicted octanol–water partition coefficient (Wildman–Crippen LogP) is -4.40. The molecule has 1 aromatic heterocycles. The van der Waals surface area contributed by atoms with Gasteiger partial charge in [0, 0.05) is 74.9 Å². The summed E-state index contributed by atoms with van der Waals surface area (Å²) >= 11 is 1.25. The summed E-state index contributed by atoms with van der Waals surface area (Å²) in [5.74, 6) is -26.2. The van der Waals surface area contributed by atoms with Crippen LogP contribution in [-0.2, 0) is 115 Å². The fourth-order valence-corrected chi connectivity index (χ4v) is 11.7. The average molecular weight is 1660 g/mol. The van der Waals surface area contributed by atoms with Crippen LogP contribution in [0.4, 0.5) is 0 Å². The molecule has 0 saturated carbocycles. The Hall–Kier alpha value is -13.3. The van der Waals surface area contributed by atoms with Crippen molar-refractivity contribution in [2.45, 2.75) is 189 Å². The molecule has 636 valence electrons. The molecule has 1 heterocycles. The maximum absolute atomic E-state index is 14.6. The summed E-state index contributed by atoms with van der Waals surface area (Å²) in [6.07, 6.45) is -8.21. The molecule has 0 aliphatic heterocycles. The number of H-pyrrole nitrogens is 1. The van der Waals surface area contributed by atoms with E-state index >= 15 is 0 Å². The van der Waals surface area contributed by atoms with Gasteiger partial charge in [-0.05, 0) is 98.8 Å². The molecule has 25 N–H and O–H groups in total. The summed E-state index contributed by atoms with van der Waals surface area (Å²) in [5.41, 5.74) is 13.3. The molecule has 3 aromatic carbocycles. The van der Waals surface area contributed by atoms with Gasteiger partial charge in [0.05, 0.1) is 19.0 Å². The fourth-order valence-electron chi connectivity index (χ4n) is 11.3. The normalized spacial score (nSPS) is 14.0. The molecule has 0 bridgehead atoms. The van der Waals surface area contributed by atoms with Gasteiger partial charge >= 0.3 is 41.8 Å². The molecule has 44 heteroatoms. The molecular formula is C73H95N15O28S. The third-order valence-electron chi connectivity index (χ3n) is 17.5. The number of carboxylic acid groups (broad SMARTS) is 7. The minimum absolute atomic E-state index is 0.0981. The molecule has 0 spiro atoms. The van der Waals surface area contributed by atoms with Crippen molar-refractivity contribution in [3.05, 3.63) is 102 Å². The van der Waals surface area contributed by atoms with Crippen LogP contribution in [0.2, 0.25) is 0 Å². The van der Waals surface area contributed by atoms with E-state index in [2.05, 4.69) is 68.8 Å². The van der Waals surface area contributed by atoms with Crippen molar-refractivity contribution in [2.75, 3.05) is 18.6 Å². The Morgan fingerprint density at radius 1 is 0.376 bits per heavy atom. The second-order valence-corrected chi connectivity index (χ2v) is 27.7. The van der Waals surface area contributed by atoms with Gasteiger partial charge in [-0.2, -0.15) is 11.8 Å². The molecule has 43 nitrogen and oxygen atoms in total. The number of hydrogen-bond donors (Lipinski definition) is 23. The van der Waals surface area contributed by atoms with E-state index in [9.17, 15) is 132 Å². The van der Waals surface area contributed by atoms with Crippen molar-refractivity contribution in [3.8, 4) is 5.75 Å². The molecule has 12 atom stereocenters. The minimum Gasteiger partial charge on any atom is -0.508 e. The number of thioether (sulfide) groups is 1. The van der Waals surface area contributed by atoms with Crippen LogP contribution in [0.1, 0.15) is 114 Å². The van der Waals surface area contributed by atoms with E-state index < -0.39 is 288 Å². The topological polar surface area (TPSA) is 715 Å². The first-order valence-corrected chi connectivity index (χ1v) is 37.7. The highest BCUT2D eigenvalue weighted by molar-refractivity contribution is 7.98. The first-order chi connectivity index (χ1) is 55.2. The smallest absolute Gasteiger partial charge is 0.305 e. The number of phenolic OH excluding ortho intramolecular Hbond substituents is 1. The number of aromatic amines is 1. The number of aliphatic carboxylic acids is 7. The fraction of sp³-hybridized carbons (Fsp3) is 0.452. The van der Waals surface area contributed by atoms with Gasteiger partial charge in [0.2, 0.25) is 76.8 Å².